The van der Waals surface area contributed by atoms with Gasteiger partial charge in [0.15, 0.2) is 0 Å². The van der Waals surface area contributed by atoms with Gasteiger partial charge in [0.25, 0.3) is 0 Å². The van der Waals surface area contributed by atoms with Crippen LogP contribution in [0.5, 0.6) is 0 Å². The van der Waals surface area contributed by atoms with Crippen LogP contribution in [0.4, 0.5) is 0 Å². The smallest absolute Gasteiger partial charge is 0 e. The third-order valence-electron chi connectivity index (χ3n) is 0. The molecule has 0 rings (SSSR count). The van der Waals surface area contributed by atoms with Crippen molar-refractivity contribution in [1.82, 2.24) is 0 Å². The molecule has 0 aromatic carbocycles. The Morgan fingerprint density at radius 2 is 0.714 bits per heavy atom. The van der Waals surface area contributed by atoms with Crippen molar-refractivity contribution < 1.29 is 131 Å². The van der Waals surface area contributed by atoms with Gasteiger partial charge in [-0.3, -0.25) is 0 Å². The Kier molecular flexibility index (Phi) is 143. The normalized spacial score (nSPS) is 1.14. The molecule has 0 nitrogen and oxygen atoms in total. The molecule has 28 valence electrons. The fraction of sp³-hybridized carbons (Fsp3) is 0. The van der Waals surface area contributed by atoms with Gasteiger partial charge in [0.05, 0.1) is 0 Å². The molecule has 0 atom stereocenters. The van der Waals surface area contributed by atoms with E-state index in [0.29, 0.717) is 0 Å². The van der Waals surface area contributed by atoms with Gasteiger partial charge in [-0.1, -0.05) is 0 Å². The summed E-state index contributed by atoms with van der Waals surface area (Å²) < 4.78 is 0. The molecule has 0 N–H and O–H groups in total. The molecule has 0 spiro atoms. The molecule has 0 heterocycles. The first-order valence-electron chi connectivity index (χ1n) is 0.577. The van der Waals surface area contributed by atoms with E-state index in [1.165, 1.54) is 0 Å². The molecule has 4 heteroatoms. The van der Waals surface area contributed by atoms with Gasteiger partial charge in [-0.05, 0) is 0 Å². The summed E-state index contributed by atoms with van der Waals surface area (Å²) in [5.41, 5.74) is 1.75. The van der Waals surface area contributed by atoms with Crippen LogP contribution in [0, 0.1) is 13.2 Å². The molecular formula is C3H2Y4-2. The summed E-state index contributed by atoms with van der Waals surface area (Å²) in [7, 11) is 0. The van der Waals surface area contributed by atoms with Gasteiger partial charge in [0.1, 0.15) is 0 Å². The molecule has 0 amide bonds. The number of hydrogen-bond acceptors (Lipinski definition) is 0. The summed E-state index contributed by atoms with van der Waals surface area (Å²) in [4.78, 5) is 0. The minimum Gasteiger partial charge on any atom is -0.567 e. The second-order valence-corrected chi connectivity index (χ2v) is 0.167. The first kappa shape index (κ1) is 30.6. The van der Waals surface area contributed by atoms with Gasteiger partial charge in [0, 0.05) is 131 Å². The first-order chi connectivity index (χ1) is 1.41. The SMILES string of the molecule is [CH-]=C=[CH-].[Y].[Y].[Y].[Y]. The quantitative estimate of drug-likeness (QED) is 0.417. The Hall–Kier alpha value is 3.94. The van der Waals surface area contributed by atoms with Crippen LogP contribution in [-0.2, 0) is 131 Å². The maximum Gasteiger partial charge on any atom is 0 e. The monoisotopic (exact) mass is 394 g/mol. The van der Waals surface area contributed by atoms with Gasteiger partial charge in [-0.2, -0.15) is 0 Å². The van der Waals surface area contributed by atoms with E-state index < -0.39 is 0 Å². The molecule has 0 fully saturated rings. The van der Waals surface area contributed by atoms with Gasteiger partial charge in [-0.25, -0.2) is 0 Å². The number of rotatable bonds is 0. The third kappa shape index (κ3) is 40.4. The summed E-state index contributed by atoms with van der Waals surface area (Å²) >= 11 is 0. The summed E-state index contributed by atoms with van der Waals surface area (Å²) in [5, 5.41) is 0. The predicted octanol–water partition coefficient (Wildman–Crippen LogP) is 0.554. The van der Waals surface area contributed by atoms with Crippen LogP contribution in [0.15, 0.2) is 5.73 Å². The van der Waals surface area contributed by atoms with E-state index in [9.17, 15) is 0 Å². The van der Waals surface area contributed by atoms with Crippen molar-refractivity contribution in [3.05, 3.63) is 18.9 Å². The standard InChI is InChI=1S/C3H2.4Y/c1-3-2;;;;/h1-2H;;;;/q-2;;;;. The summed E-state index contributed by atoms with van der Waals surface area (Å²) in [6.45, 7) is 8.75. The molecular weight excluding hydrogens is 392 g/mol. The predicted molar refractivity (Wildman–Crippen MR) is 12.1 cm³/mol. The zero-order valence-corrected chi connectivity index (χ0v) is 15.3. The van der Waals surface area contributed by atoms with Gasteiger partial charge in [0.2, 0.25) is 0 Å². The Labute approximate surface area is 146 Å². The largest absolute Gasteiger partial charge is 0.567 e. The average molecular weight is 394 g/mol. The molecule has 0 aromatic heterocycles. The molecule has 0 unspecified atom stereocenters. The van der Waals surface area contributed by atoms with Crippen molar-refractivity contribution in [3.63, 3.8) is 0 Å². The van der Waals surface area contributed by atoms with Gasteiger partial charge >= 0.3 is 0 Å². The second-order valence-electron chi connectivity index (χ2n) is 0.167. The van der Waals surface area contributed by atoms with E-state index in [-0.39, 0.29) is 131 Å². The Morgan fingerprint density at radius 3 is 0.714 bits per heavy atom. The fourth-order valence-corrected chi connectivity index (χ4v) is 0. The summed E-state index contributed by atoms with van der Waals surface area (Å²) in [6.07, 6.45) is 0. The Balaban J connectivity index is -0.00000000333. The van der Waals surface area contributed by atoms with Crippen LogP contribution < -0.4 is 0 Å². The Morgan fingerprint density at radius 1 is 0.714 bits per heavy atom. The molecule has 4 radical (unpaired) electrons. The molecule has 0 aliphatic heterocycles. The van der Waals surface area contributed by atoms with Crippen LogP contribution in [0.3, 0.4) is 0 Å². The maximum absolute atomic E-state index is 4.38. The van der Waals surface area contributed by atoms with E-state index in [0.717, 1.165) is 0 Å². The van der Waals surface area contributed by atoms with Crippen LogP contribution in [-0.4, -0.2) is 0 Å². The zero-order chi connectivity index (χ0) is 2.71. The molecule has 0 saturated carbocycles. The maximum atomic E-state index is 4.38. The number of hydrogen-bond donors (Lipinski definition) is 0. The fourth-order valence-electron chi connectivity index (χ4n) is 0. The van der Waals surface area contributed by atoms with E-state index in [1.54, 1.807) is 5.73 Å². The molecule has 0 aliphatic rings. The molecule has 0 saturated heterocycles. The topological polar surface area (TPSA) is 0 Å². The van der Waals surface area contributed by atoms with Crippen LogP contribution in [0.25, 0.3) is 0 Å². The molecule has 0 aliphatic carbocycles. The summed E-state index contributed by atoms with van der Waals surface area (Å²) in [6, 6.07) is 0. The second kappa shape index (κ2) is 32.6. The molecule has 0 aromatic rings. The summed E-state index contributed by atoms with van der Waals surface area (Å²) in [5.74, 6) is 0. The van der Waals surface area contributed by atoms with Crippen molar-refractivity contribution in [1.29, 1.82) is 0 Å². The van der Waals surface area contributed by atoms with E-state index >= 15 is 0 Å². The van der Waals surface area contributed by atoms with Crippen LogP contribution in [0.1, 0.15) is 0 Å². The average Bonchev–Trinajstić information content (AvgIpc) is 0.918. The minimum absolute atomic E-state index is 0. The van der Waals surface area contributed by atoms with Crippen LogP contribution in [0.2, 0.25) is 0 Å². The van der Waals surface area contributed by atoms with Crippen molar-refractivity contribution in [2.75, 3.05) is 0 Å². The van der Waals surface area contributed by atoms with Crippen molar-refractivity contribution >= 4 is 0 Å². The van der Waals surface area contributed by atoms with Crippen molar-refractivity contribution in [3.8, 4) is 0 Å². The van der Waals surface area contributed by atoms with Crippen LogP contribution >= 0.6 is 0 Å². The molecule has 7 heavy (non-hydrogen) atoms. The zero-order valence-electron chi connectivity index (χ0n) is 3.96. The molecule has 0 bridgehead atoms. The van der Waals surface area contributed by atoms with Crippen molar-refractivity contribution in [2.45, 2.75) is 0 Å². The van der Waals surface area contributed by atoms with E-state index in [4.69, 9.17) is 0 Å². The minimum atomic E-state index is 0. The Bertz CT molecular complexity index is 27.9. The van der Waals surface area contributed by atoms with Gasteiger partial charge in [-0.15, -0.1) is 0 Å². The van der Waals surface area contributed by atoms with Gasteiger partial charge < -0.3 is 18.9 Å². The van der Waals surface area contributed by atoms with E-state index in [2.05, 4.69) is 13.2 Å². The third-order valence-corrected chi connectivity index (χ3v) is 0. The first-order valence-corrected chi connectivity index (χ1v) is 0.577. The van der Waals surface area contributed by atoms with E-state index in [1.807, 2.05) is 0 Å². The van der Waals surface area contributed by atoms with Crippen molar-refractivity contribution in [2.24, 2.45) is 0 Å².